The lowest BCUT2D eigenvalue weighted by atomic mass is 10.2. The molecule has 2 heterocycles. The standard InChI is InChI=1S/C18H18N4O2S/c1-10-5-4-6-13(7-10)9-19-22-15(23)8-14-20-17(24)16-11(2)12(3)25-18(16)21-14/h4-7,9H,8H2,1-3H3,(H,22,23)(H,20,21,24)/b19-9+. The van der Waals surface area contributed by atoms with Crippen LogP contribution >= 0.6 is 11.3 Å². The molecule has 1 amide bonds. The van der Waals surface area contributed by atoms with Crippen molar-refractivity contribution in [3.8, 4) is 0 Å². The summed E-state index contributed by atoms with van der Waals surface area (Å²) in [5.74, 6) is -0.00147. The molecule has 6 nitrogen and oxygen atoms in total. The van der Waals surface area contributed by atoms with Crippen molar-refractivity contribution in [2.24, 2.45) is 5.10 Å². The highest BCUT2D eigenvalue weighted by Gasteiger charge is 2.13. The number of carbonyl (C=O) groups is 1. The minimum atomic E-state index is -0.337. The molecule has 0 saturated heterocycles. The van der Waals surface area contributed by atoms with Gasteiger partial charge in [-0.1, -0.05) is 29.8 Å². The average molecular weight is 354 g/mol. The molecule has 3 aromatic rings. The summed E-state index contributed by atoms with van der Waals surface area (Å²) >= 11 is 1.46. The summed E-state index contributed by atoms with van der Waals surface area (Å²) in [7, 11) is 0. The lowest BCUT2D eigenvalue weighted by Gasteiger charge is -2.01. The van der Waals surface area contributed by atoms with E-state index >= 15 is 0 Å². The van der Waals surface area contributed by atoms with Crippen molar-refractivity contribution in [3.63, 3.8) is 0 Å². The molecule has 0 aliphatic rings. The molecule has 25 heavy (non-hydrogen) atoms. The quantitative estimate of drug-likeness (QED) is 0.558. The van der Waals surface area contributed by atoms with Crippen LogP contribution < -0.4 is 11.0 Å². The maximum Gasteiger partial charge on any atom is 0.259 e. The molecule has 3 rings (SSSR count). The number of hydrazone groups is 1. The number of nitrogens with one attached hydrogen (secondary N) is 2. The lowest BCUT2D eigenvalue weighted by Crippen LogP contribution is -2.23. The summed E-state index contributed by atoms with van der Waals surface area (Å²) in [5, 5.41) is 4.54. The van der Waals surface area contributed by atoms with Crippen LogP contribution in [0.4, 0.5) is 0 Å². The Morgan fingerprint density at radius 1 is 1.36 bits per heavy atom. The van der Waals surface area contributed by atoms with Crippen LogP contribution in [0.3, 0.4) is 0 Å². The first-order chi connectivity index (χ1) is 11.9. The minimum Gasteiger partial charge on any atom is -0.309 e. The topological polar surface area (TPSA) is 87.2 Å². The fourth-order valence-electron chi connectivity index (χ4n) is 2.50. The number of hydrogen-bond acceptors (Lipinski definition) is 5. The predicted octanol–water partition coefficient (Wildman–Crippen LogP) is 2.60. The van der Waals surface area contributed by atoms with E-state index in [9.17, 15) is 9.59 Å². The van der Waals surface area contributed by atoms with E-state index in [2.05, 4.69) is 20.5 Å². The van der Waals surface area contributed by atoms with Crippen LogP contribution in [0, 0.1) is 20.8 Å². The van der Waals surface area contributed by atoms with Crippen LogP contribution in [-0.4, -0.2) is 22.1 Å². The number of aryl methyl sites for hydroxylation is 3. The van der Waals surface area contributed by atoms with Gasteiger partial charge in [-0.05, 0) is 31.9 Å². The highest BCUT2D eigenvalue weighted by molar-refractivity contribution is 7.18. The number of carbonyl (C=O) groups excluding carboxylic acids is 1. The van der Waals surface area contributed by atoms with Crippen LogP contribution in [0.5, 0.6) is 0 Å². The van der Waals surface area contributed by atoms with Gasteiger partial charge in [-0.3, -0.25) is 9.59 Å². The first-order valence-corrected chi connectivity index (χ1v) is 8.63. The zero-order chi connectivity index (χ0) is 18.0. The molecule has 0 radical (unpaired) electrons. The second-order valence-electron chi connectivity index (χ2n) is 5.86. The SMILES string of the molecule is Cc1cccc(/C=N/NC(=O)Cc2nc3sc(C)c(C)c3c(=O)[nH]2)c1. The van der Waals surface area contributed by atoms with Crippen molar-refractivity contribution in [1.82, 2.24) is 15.4 Å². The zero-order valence-electron chi connectivity index (χ0n) is 14.2. The molecule has 0 fully saturated rings. The normalized spacial score (nSPS) is 11.3. The number of aromatic amines is 1. The van der Waals surface area contributed by atoms with Crippen molar-refractivity contribution in [1.29, 1.82) is 0 Å². The van der Waals surface area contributed by atoms with Gasteiger partial charge in [-0.2, -0.15) is 5.10 Å². The van der Waals surface area contributed by atoms with Gasteiger partial charge in [0, 0.05) is 4.88 Å². The first-order valence-electron chi connectivity index (χ1n) is 7.81. The Hall–Kier alpha value is -2.80. The molecule has 0 bridgehead atoms. The van der Waals surface area contributed by atoms with Crippen molar-refractivity contribution in [2.45, 2.75) is 27.2 Å². The third-order valence-corrected chi connectivity index (χ3v) is 4.96. The Labute approximate surface area is 148 Å². The van der Waals surface area contributed by atoms with Gasteiger partial charge in [0.1, 0.15) is 10.7 Å². The molecule has 0 atom stereocenters. The Kier molecular flexibility index (Phi) is 4.76. The van der Waals surface area contributed by atoms with Gasteiger partial charge in [0.15, 0.2) is 0 Å². The molecule has 7 heteroatoms. The van der Waals surface area contributed by atoms with Gasteiger partial charge in [0.25, 0.3) is 5.56 Å². The molecule has 2 N–H and O–H groups in total. The number of amides is 1. The molecule has 0 aliphatic carbocycles. The molecule has 128 valence electrons. The van der Waals surface area contributed by atoms with Gasteiger partial charge >= 0.3 is 0 Å². The Balaban J connectivity index is 1.71. The van der Waals surface area contributed by atoms with E-state index in [1.807, 2.05) is 45.0 Å². The van der Waals surface area contributed by atoms with Gasteiger partial charge in [0.2, 0.25) is 5.91 Å². The van der Waals surface area contributed by atoms with Gasteiger partial charge in [-0.15, -0.1) is 11.3 Å². The molecular weight excluding hydrogens is 336 g/mol. The number of rotatable bonds is 4. The fraction of sp³-hybridized carbons (Fsp3) is 0.222. The number of thiophene rings is 1. The molecule has 0 aliphatic heterocycles. The Morgan fingerprint density at radius 3 is 2.92 bits per heavy atom. The third-order valence-electron chi connectivity index (χ3n) is 3.86. The van der Waals surface area contributed by atoms with Crippen molar-refractivity contribution >= 4 is 33.7 Å². The molecule has 0 saturated carbocycles. The summed E-state index contributed by atoms with van der Waals surface area (Å²) < 4.78 is 0. The van der Waals surface area contributed by atoms with E-state index in [1.165, 1.54) is 11.3 Å². The van der Waals surface area contributed by atoms with Crippen LogP contribution in [0.2, 0.25) is 0 Å². The third kappa shape index (κ3) is 3.83. The summed E-state index contributed by atoms with van der Waals surface area (Å²) in [5.41, 5.74) is 5.20. The van der Waals surface area contributed by atoms with E-state index in [0.717, 1.165) is 21.6 Å². The van der Waals surface area contributed by atoms with E-state index in [-0.39, 0.29) is 17.9 Å². The maximum atomic E-state index is 12.2. The predicted molar refractivity (Wildman–Crippen MR) is 100 cm³/mol. The second-order valence-corrected chi connectivity index (χ2v) is 7.06. The zero-order valence-corrected chi connectivity index (χ0v) is 15.0. The smallest absolute Gasteiger partial charge is 0.259 e. The molecule has 2 aromatic heterocycles. The summed E-state index contributed by atoms with van der Waals surface area (Å²) in [6.07, 6.45) is 1.54. The van der Waals surface area contributed by atoms with E-state index < -0.39 is 0 Å². The number of fused-ring (bicyclic) bond motifs is 1. The number of benzene rings is 1. The van der Waals surface area contributed by atoms with Crippen LogP contribution in [0.15, 0.2) is 34.2 Å². The largest absolute Gasteiger partial charge is 0.309 e. The average Bonchev–Trinajstić information content (AvgIpc) is 2.82. The van der Waals surface area contributed by atoms with Crippen molar-refractivity contribution in [2.75, 3.05) is 0 Å². The van der Waals surface area contributed by atoms with Crippen molar-refractivity contribution < 1.29 is 4.79 Å². The second kappa shape index (κ2) is 6.98. The number of nitrogens with zero attached hydrogens (tertiary/aromatic N) is 2. The minimum absolute atomic E-state index is 0.0354. The fourth-order valence-corrected chi connectivity index (χ4v) is 3.55. The monoisotopic (exact) mass is 354 g/mol. The van der Waals surface area contributed by atoms with Crippen LogP contribution in [0.25, 0.3) is 10.2 Å². The van der Waals surface area contributed by atoms with E-state index in [0.29, 0.717) is 16.0 Å². The summed E-state index contributed by atoms with van der Waals surface area (Å²) in [4.78, 5) is 33.0. The molecular formula is C18H18N4O2S. The summed E-state index contributed by atoms with van der Waals surface area (Å²) in [6.45, 7) is 5.84. The van der Waals surface area contributed by atoms with E-state index in [1.54, 1.807) is 6.21 Å². The highest BCUT2D eigenvalue weighted by atomic mass is 32.1. The number of H-pyrrole nitrogens is 1. The lowest BCUT2D eigenvalue weighted by molar-refractivity contribution is -0.120. The number of hydrogen-bond donors (Lipinski definition) is 2. The Morgan fingerprint density at radius 2 is 2.16 bits per heavy atom. The molecule has 0 spiro atoms. The maximum absolute atomic E-state index is 12.2. The van der Waals surface area contributed by atoms with Gasteiger partial charge in [0.05, 0.1) is 18.0 Å². The van der Waals surface area contributed by atoms with Gasteiger partial charge < -0.3 is 4.98 Å². The van der Waals surface area contributed by atoms with Crippen LogP contribution in [-0.2, 0) is 11.2 Å². The van der Waals surface area contributed by atoms with E-state index in [4.69, 9.17) is 0 Å². The van der Waals surface area contributed by atoms with Crippen molar-refractivity contribution in [3.05, 3.63) is 62.0 Å². The number of aromatic nitrogens is 2. The Bertz CT molecular complexity index is 1030. The highest BCUT2D eigenvalue weighted by Crippen LogP contribution is 2.25. The van der Waals surface area contributed by atoms with Gasteiger partial charge in [-0.25, -0.2) is 10.4 Å². The molecule has 1 aromatic carbocycles. The summed E-state index contributed by atoms with van der Waals surface area (Å²) in [6, 6.07) is 7.77. The molecule has 0 unspecified atom stereocenters. The van der Waals surface area contributed by atoms with Crippen LogP contribution in [0.1, 0.15) is 27.4 Å². The first kappa shape index (κ1) is 17.0.